The molecule has 0 saturated heterocycles. The van der Waals surface area contributed by atoms with Crippen molar-refractivity contribution in [2.24, 2.45) is 11.8 Å². The van der Waals surface area contributed by atoms with Gasteiger partial charge < -0.3 is 0 Å². The number of Topliss-reactive ketones (excluding diaryl/α,β-unsaturated/α-hetero) is 1. The molecular formula is C12H22O. The molecule has 0 bridgehead atoms. The third kappa shape index (κ3) is 3.13. The van der Waals surface area contributed by atoms with Crippen molar-refractivity contribution in [1.82, 2.24) is 0 Å². The SMILES string of the molecule is CCCCC(=O)C(C)C1CCCC1. The van der Waals surface area contributed by atoms with Crippen LogP contribution in [0.25, 0.3) is 0 Å². The fourth-order valence-electron chi connectivity index (χ4n) is 2.30. The van der Waals surface area contributed by atoms with Gasteiger partial charge in [0.25, 0.3) is 0 Å². The molecule has 1 nitrogen and oxygen atoms in total. The van der Waals surface area contributed by atoms with E-state index < -0.39 is 0 Å². The summed E-state index contributed by atoms with van der Waals surface area (Å²) in [7, 11) is 0. The van der Waals surface area contributed by atoms with Gasteiger partial charge in [0, 0.05) is 12.3 Å². The molecule has 1 aliphatic rings. The lowest BCUT2D eigenvalue weighted by Crippen LogP contribution is -2.18. The summed E-state index contributed by atoms with van der Waals surface area (Å²) in [4.78, 5) is 11.7. The van der Waals surface area contributed by atoms with E-state index in [0.29, 0.717) is 17.6 Å². The first kappa shape index (κ1) is 10.7. The van der Waals surface area contributed by atoms with Crippen molar-refractivity contribution in [1.29, 1.82) is 0 Å². The van der Waals surface area contributed by atoms with Gasteiger partial charge in [-0.05, 0) is 25.2 Å². The number of hydrogen-bond acceptors (Lipinski definition) is 1. The highest BCUT2D eigenvalue weighted by Crippen LogP contribution is 2.32. The van der Waals surface area contributed by atoms with Crippen LogP contribution in [-0.4, -0.2) is 5.78 Å². The van der Waals surface area contributed by atoms with E-state index in [1.54, 1.807) is 0 Å². The summed E-state index contributed by atoms with van der Waals surface area (Å²) in [5, 5.41) is 0. The first-order valence-corrected chi connectivity index (χ1v) is 5.78. The maximum atomic E-state index is 11.7. The summed E-state index contributed by atoms with van der Waals surface area (Å²) < 4.78 is 0. The van der Waals surface area contributed by atoms with E-state index in [9.17, 15) is 4.79 Å². The molecule has 1 aliphatic carbocycles. The third-order valence-electron chi connectivity index (χ3n) is 3.39. The summed E-state index contributed by atoms with van der Waals surface area (Å²) >= 11 is 0. The quantitative estimate of drug-likeness (QED) is 0.635. The monoisotopic (exact) mass is 182 g/mol. The van der Waals surface area contributed by atoms with E-state index in [-0.39, 0.29) is 0 Å². The van der Waals surface area contributed by atoms with Crippen LogP contribution in [0.2, 0.25) is 0 Å². The van der Waals surface area contributed by atoms with E-state index in [4.69, 9.17) is 0 Å². The maximum Gasteiger partial charge on any atom is 0.135 e. The number of carbonyl (C=O) groups is 1. The van der Waals surface area contributed by atoms with Crippen molar-refractivity contribution in [3.8, 4) is 0 Å². The molecule has 1 atom stereocenters. The number of rotatable bonds is 5. The summed E-state index contributed by atoms with van der Waals surface area (Å²) in [6.07, 6.45) is 8.30. The number of unbranched alkanes of at least 4 members (excludes halogenated alkanes) is 1. The summed E-state index contributed by atoms with van der Waals surface area (Å²) in [6.45, 7) is 4.28. The highest BCUT2D eigenvalue weighted by Gasteiger charge is 2.25. The van der Waals surface area contributed by atoms with Crippen molar-refractivity contribution >= 4 is 5.78 Å². The van der Waals surface area contributed by atoms with Gasteiger partial charge in [-0.3, -0.25) is 4.79 Å². The lowest BCUT2D eigenvalue weighted by atomic mass is 9.87. The van der Waals surface area contributed by atoms with Crippen molar-refractivity contribution in [3.63, 3.8) is 0 Å². The molecule has 1 fully saturated rings. The van der Waals surface area contributed by atoms with Gasteiger partial charge in [-0.1, -0.05) is 33.1 Å². The third-order valence-corrected chi connectivity index (χ3v) is 3.39. The van der Waals surface area contributed by atoms with Crippen LogP contribution in [0.1, 0.15) is 58.8 Å². The summed E-state index contributed by atoms with van der Waals surface area (Å²) in [5.41, 5.74) is 0. The maximum absolute atomic E-state index is 11.7. The molecule has 0 aromatic carbocycles. The largest absolute Gasteiger partial charge is 0.299 e. The van der Waals surface area contributed by atoms with Crippen molar-refractivity contribution in [2.45, 2.75) is 58.8 Å². The first-order valence-electron chi connectivity index (χ1n) is 5.78. The minimum atomic E-state index is 0.342. The molecular weight excluding hydrogens is 160 g/mol. The fraction of sp³-hybridized carbons (Fsp3) is 0.917. The van der Waals surface area contributed by atoms with Gasteiger partial charge in [0.2, 0.25) is 0 Å². The fourth-order valence-corrected chi connectivity index (χ4v) is 2.30. The zero-order valence-corrected chi connectivity index (χ0v) is 9.01. The minimum Gasteiger partial charge on any atom is -0.299 e. The second kappa shape index (κ2) is 5.41. The number of ketones is 1. The summed E-state index contributed by atoms with van der Waals surface area (Å²) in [6, 6.07) is 0. The molecule has 1 rings (SSSR count). The molecule has 0 heterocycles. The predicted octanol–water partition coefficient (Wildman–Crippen LogP) is 3.57. The van der Waals surface area contributed by atoms with Crippen LogP contribution in [0.3, 0.4) is 0 Å². The zero-order chi connectivity index (χ0) is 9.68. The Balaban J connectivity index is 2.28. The molecule has 1 heteroatoms. The predicted molar refractivity (Wildman–Crippen MR) is 55.7 cm³/mol. The van der Waals surface area contributed by atoms with E-state index in [1.807, 2.05) is 0 Å². The van der Waals surface area contributed by atoms with Gasteiger partial charge in [-0.25, -0.2) is 0 Å². The first-order chi connectivity index (χ1) is 6.25. The highest BCUT2D eigenvalue weighted by molar-refractivity contribution is 5.80. The molecule has 0 amide bonds. The van der Waals surface area contributed by atoms with Crippen molar-refractivity contribution < 1.29 is 4.79 Å². The minimum absolute atomic E-state index is 0.342. The molecule has 0 N–H and O–H groups in total. The Labute approximate surface area is 81.9 Å². The number of hydrogen-bond donors (Lipinski definition) is 0. The zero-order valence-electron chi connectivity index (χ0n) is 9.01. The van der Waals surface area contributed by atoms with E-state index in [2.05, 4.69) is 13.8 Å². The second-order valence-corrected chi connectivity index (χ2v) is 4.40. The van der Waals surface area contributed by atoms with Gasteiger partial charge in [0.05, 0.1) is 0 Å². The lowest BCUT2D eigenvalue weighted by molar-refractivity contribution is -0.124. The van der Waals surface area contributed by atoms with Crippen LogP contribution in [0.4, 0.5) is 0 Å². The van der Waals surface area contributed by atoms with E-state index in [1.165, 1.54) is 25.7 Å². The van der Waals surface area contributed by atoms with Crippen LogP contribution in [0, 0.1) is 11.8 Å². The van der Waals surface area contributed by atoms with Crippen molar-refractivity contribution in [3.05, 3.63) is 0 Å². The molecule has 13 heavy (non-hydrogen) atoms. The molecule has 76 valence electrons. The topological polar surface area (TPSA) is 17.1 Å². The van der Waals surface area contributed by atoms with Crippen LogP contribution < -0.4 is 0 Å². The Morgan fingerprint density at radius 3 is 2.54 bits per heavy atom. The van der Waals surface area contributed by atoms with Gasteiger partial charge in [-0.2, -0.15) is 0 Å². The normalized spacial score (nSPS) is 20.5. The molecule has 0 spiro atoms. The van der Waals surface area contributed by atoms with E-state index >= 15 is 0 Å². The van der Waals surface area contributed by atoms with Gasteiger partial charge in [0.15, 0.2) is 0 Å². The molecule has 0 aromatic rings. The van der Waals surface area contributed by atoms with Gasteiger partial charge in [-0.15, -0.1) is 0 Å². The Kier molecular flexibility index (Phi) is 4.47. The highest BCUT2D eigenvalue weighted by atomic mass is 16.1. The van der Waals surface area contributed by atoms with Crippen LogP contribution >= 0.6 is 0 Å². The van der Waals surface area contributed by atoms with Gasteiger partial charge >= 0.3 is 0 Å². The average Bonchev–Trinajstić information content (AvgIpc) is 2.65. The van der Waals surface area contributed by atoms with Crippen molar-refractivity contribution in [2.75, 3.05) is 0 Å². The lowest BCUT2D eigenvalue weighted by Gasteiger charge is -2.16. The standard InChI is InChI=1S/C12H22O/c1-3-4-9-12(13)10(2)11-7-5-6-8-11/h10-11H,3-9H2,1-2H3. The Morgan fingerprint density at radius 2 is 2.00 bits per heavy atom. The second-order valence-electron chi connectivity index (χ2n) is 4.40. The molecule has 0 radical (unpaired) electrons. The number of carbonyl (C=O) groups excluding carboxylic acids is 1. The molecule has 1 saturated carbocycles. The van der Waals surface area contributed by atoms with Crippen LogP contribution in [0.5, 0.6) is 0 Å². The van der Waals surface area contributed by atoms with Gasteiger partial charge in [0.1, 0.15) is 5.78 Å². The average molecular weight is 182 g/mol. The molecule has 0 aliphatic heterocycles. The smallest absolute Gasteiger partial charge is 0.135 e. The Bertz CT molecular complexity index is 157. The van der Waals surface area contributed by atoms with E-state index in [0.717, 1.165) is 19.3 Å². The van der Waals surface area contributed by atoms with Crippen LogP contribution in [-0.2, 0) is 4.79 Å². The molecule has 0 aromatic heterocycles. The Morgan fingerprint density at radius 1 is 1.38 bits per heavy atom. The van der Waals surface area contributed by atoms with Crippen LogP contribution in [0.15, 0.2) is 0 Å². The Hall–Kier alpha value is -0.330. The summed E-state index contributed by atoms with van der Waals surface area (Å²) in [5.74, 6) is 1.56. The molecule has 1 unspecified atom stereocenters.